The lowest BCUT2D eigenvalue weighted by atomic mass is 10.3. The van der Waals surface area contributed by atoms with Gasteiger partial charge in [0.1, 0.15) is 5.75 Å². The third-order valence-electron chi connectivity index (χ3n) is 1.35. The van der Waals surface area contributed by atoms with Crippen molar-refractivity contribution in [3.63, 3.8) is 0 Å². The molecule has 0 atom stereocenters. The third kappa shape index (κ3) is 2.20. The lowest BCUT2D eigenvalue weighted by Gasteiger charge is -2.01. The predicted octanol–water partition coefficient (Wildman–Crippen LogP) is 0.150. The second-order valence-corrected chi connectivity index (χ2v) is 2.26. The molecule has 0 unspecified atom stereocenters. The van der Waals surface area contributed by atoms with E-state index >= 15 is 0 Å². The molecule has 0 aliphatic rings. The average Bonchev–Trinajstić information content (AvgIpc) is 2.15. The monoisotopic (exact) mass is 176 g/mol. The van der Waals surface area contributed by atoms with Crippen molar-refractivity contribution < 1.29 is 9.90 Å². The molecule has 13 heavy (non-hydrogen) atoms. The third-order valence-corrected chi connectivity index (χ3v) is 1.35. The van der Waals surface area contributed by atoms with E-state index in [0.29, 0.717) is 0 Å². The summed E-state index contributed by atoms with van der Waals surface area (Å²) >= 11 is 0. The Balaban J connectivity index is 2.78. The van der Waals surface area contributed by atoms with Gasteiger partial charge >= 0.3 is 0 Å². The Morgan fingerprint density at radius 1 is 1.77 bits per heavy atom. The lowest BCUT2D eigenvalue weighted by molar-refractivity contribution is 0.0951. The number of carbonyl (C=O) groups excluding carboxylic acids is 1. The first-order chi connectivity index (χ1) is 6.25. The minimum absolute atomic E-state index is 0.0160. The maximum absolute atomic E-state index is 11.2. The van der Waals surface area contributed by atoms with Crippen LogP contribution in [-0.4, -0.2) is 22.5 Å². The van der Waals surface area contributed by atoms with Crippen LogP contribution in [0, 0.1) is 12.3 Å². The first kappa shape index (κ1) is 9.07. The van der Waals surface area contributed by atoms with E-state index in [-0.39, 0.29) is 18.0 Å². The van der Waals surface area contributed by atoms with E-state index in [1.54, 1.807) is 0 Å². The maximum atomic E-state index is 11.2. The van der Waals surface area contributed by atoms with Crippen molar-refractivity contribution >= 4 is 5.91 Å². The number of carbonyl (C=O) groups is 1. The van der Waals surface area contributed by atoms with E-state index in [9.17, 15) is 9.90 Å². The molecule has 4 nitrogen and oxygen atoms in total. The number of terminal acetylenes is 1. The molecule has 4 heteroatoms. The van der Waals surface area contributed by atoms with Crippen LogP contribution in [0.3, 0.4) is 0 Å². The zero-order chi connectivity index (χ0) is 9.68. The summed E-state index contributed by atoms with van der Waals surface area (Å²) in [6.07, 6.45) is 6.37. The molecular formula is C9H8N2O2. The van der Waals surface area contributed by atoms with Crippen LogP contribution in [-0.2, 0) is 0 Å². The molecule has 0 aromatic carbocycles. The van der Waals surface area contributed by atoms with Crippen LogP contribution < -0.4 is 5.32 Å². The lowest BCUT2D eigenvalue weighted by Crippen LogP contribution is -2.24. The molecule has 0 saturated carbocycles. The van der Waals surface area contributed by atoms with Crippen molar-refractivity contribution in [3.05, 3.63) is 24.0 Å². The van der Waals surface area contributed by atoms with E-state index in [1.165, 1.54) is 18.3 Å². The van der Waals surface area contributed by atoms with Gasteiger partial charge in [0, 0.05) is 6.20 Å². The molecule has 1 amide bonds. The van der Waals surface area contributed by atoms with Gasteiger partial charge in [-0.15, -0.1) is 6.42 Å². The Hall–Kier alpha value is -2.02. The standard InChI is InChI=1S/C9H8N2O2/c1-2-5-11-9(13)8-7(12)4-3-6-10-8/h1,3-4,6,12H,5H2,(H,11,13). The van der Waals surface area contributed by atoms with Gasteiger partial charge in [-0.2, -0.15) is 0 Å². The molecule has 0 aliphatic heterocycles. The second-order valence-electron chi connectivity index (χ2n) is 2.26. The quantitative estimate of drug-likeness (QED) is 0.630. The van der Waals surface area contributed by atoms with Crippen LogP contribution >= 0.6 is 0 Å². The largest absolute Gasteiger partial charge is 0.505 e. The van der Waals surface area contributed by atoms with E-state index in [2.05, 4.69) is 16.2 Å². The summed E-state index contributed by atoms with van der Waals surface area (Å²) < 4.78 is 0. The Morgan fingerprint density at radius 2 is 2.54 bits per heavy atom. The molecular weight excluding hydrogens is 168 g/mol. The van der Waals surface area contributed by atoms with Crippen molar-refractivity contribution in [2.75, 3.05) is 6.54 Å². The van der Waals surface area contributed by atoms with Gasteiger partial charge in [-0.1, -0.05) is 5.92 Å². The number of nitrogens with one attached hydrogen (secondary N) is 1. The molecule has 0 saturated heterocycles. The van der Waals surface area contributed by atoms with Gasteiger partial charge in [-0.25, -0.2) is 4.98 Å². The average molecular weight is 176 g/mol. The Morgan fingerprint density at radius 3 is 3.15 bits per heavy atom. The molecule has 2 N–H and O–H groups in total. The molecule has 1 heterocycles. The highest BCUT2D eigenvalue weighted by molar-refractivity contribution is 5.94. The minimum atomic E-state index is -0.476. The van der Waals surface area contributed by atoms with E-state index in [4.69, 9.17) is 6.42 Å². The van der Waals surface area contributed by atoms with Crippen LogP contribution in [0.15, 0.2) is 18.3 Å². The number of nitrogens with zero attached hydrogens (tertiary/aromatic N) is 1. The van der Waals surface area contributed by atoms with Crippen LogP contribution in [0.25, 0.3) is 0 Å². The van der Waals surface area contributed by atoms with E-state index in [0.717, 1.165) is 0 Å². The highest BCUT2D eigenvalue weighted by atomic mass is 16.3. The first-order valence-corrected chi connectivity index (χ1v) is 3.61. The Bertz CT molecular complexity index is 355. The van der Waals surface area contributed by atoms with Crippen molar-refractivity contribution in [2.45, 2.75) is 0 Å². The van der Waals surface area contributed by atoms with Gasteiger partial charge in [0.05, 0.1) is 6.54 Å². The van der Waals surface area contributed by atoms with Crippen LogP contribution in [0.1, 0.15) is 10.5 Å². The number of aromatic hydroxyl groups is 1. The van der Waals surface area contributed by atoms with Crippen LogP contribution in [0.4, 0.5) is 0 Å². The van der Waals surface area contributed by atoms with E-state index in [1.807, 2.05) is 0 Å². The Labute approximate surface area is 75.6 Å². The van der Waals surface area contributed by atoms with Gasteiger partial charge in [0.2, 0.25) is 0 Å². The molecule has 66 valence electrons. The van der Waals surface area contributed by atoms with Crippen molar-refractivity contribution in [2.24, 2.45) is 0 Å². The highest BCUT2D eigenvalue weighted by Gasteiger charge is 2.09. The number of aromatic nitrogens is 1. The molecule has 1 aromatic rings. The summed E-state index contributed by atoms with van der Waals surface area (Å²) in [5, 5.41) is 11.6. The summed E-state index contributed by atoms with van der Waals surface area (Å²) in [7, 11) is 0. The van der Waals surface area contributed by atoms with Gasteiger partial charge in [-0.3, -0.25) is 4.79 Å². The molecule has 0 fully saturated rings. The molecule has 0 bridgehead atoms. The summed E-state index contributed by atoms with van der Waals surface area (Å²) in [5.74, 6) is 1.62. The second kappa shape index (κ2) is 4.12. The van der Waals surface area contributed by atoms with Gasteiger partial charge in [0.25, 0.3) is 5.91 Å². The SMILES string of the molecule is C#CCNC(=O)c1ncccc1O. The predicted molar refractivity (Wildman–Crippen MR) is 47.1 cm³/mol. The molecule has 0 aliphatic carbocycles. The first-order valence-electron chi connectivity index (χ1n) is 3.61. The summed E-state index contributed by atoms with van der Waals surface area (Å²) in [4.78, 5) is 14.9. The minimum Gasteiger partial charge on any atom is -0.505 e. The Kier molecular flexibility index (Phi) is 2.87. The van der Waals surface area contributed by atoms with Crippen molar-refractivity contribution in [1.82, 2.24) is 10.3 Å². The van der Waals surface area contributed by atoms with Gasteiger partial charge < -0.3 is 10.4 Å². The van der Waals surface area contributed by atoms with Crippen LogP contribution in [0.5, 0.6) is 5.75 Å². The fourth-order valence-corrected chi connectivity index (χ4v) is 0.787. The number of amides is 1. The fraction of sp³-hybridized carbons (Fsp3) is 0.111. The molecule has 1 aromatic heterocycles. The maximum Gasteiger partial charge on any atom is 0.274 e. The smallest absolute Gasteiger partial charge is 0.274 e. The molecule has 0 spiro atoms. The number of hydrogen-bond acceptors (Lipinski definition) is 3. The van der Waals surface area contributed by atoms with Gasteiger partial charge in [0.15, 0.2) is 5.69 Å². The summed E-state index contributed by atoms with van der Waals surface area (Å²) in [6.45, 7) is 0.120. The zero-order valence-electron chi connectivity index (χ0n) is 6.82. The summed E-state index contributed by atoms with van der Waals surface area (Å²) in [6, 6.07) is 2.92. The van der Waals surface area contributed by atoms with Crippen molar-refractivity contribution in [1.29, 1.82) is 0 Å². The van der Waals surface area contributed by atoms with Gasteiger partial charge in [-0.05, 0) is 12.1 Å². The van der Waals surface area contributed by atoms with Crippen molar-refractivity contribution in [3.8, 4) is 18.1 Å². The number of rotatable bonds is 2. The van der Waals surface area contributed by atoms with Crippen LogP contribution in [0.2, 0.25) is 0 Å². The number of hydrogen-bond donors (Lipinski definition) is 2. The van der Waals surface area contributed by atoms with E-state index < -0.39 is 5.91 Å². The highest BCUT2D eigenvalue weighted by Crippen LogP contribution is 2.11. The molecule has 0 radical (unpaired) electrons. The summed E-state index contributed by atoms with van der Waals surface area (Å²) in [5.41, 5.74) is -0.0160. The normalized spacial score (nSPS) is 8.85. The topological polar surface area (TPSA) is 62.2 Å². The fourth-order valence-electron chi connectivity index (χ4n) is 0.787. The zero-order valence-corrected chi connectivity index (χ0v) is 6.82. The number of pyridine rings is 1. The molecule has 1 rings (SSSR count).